The molecule has 2 aromatic heterocycles. The fourth-order valence-corrected chi connectivity index (χ4v) is 11.2. The first-order chi connectivity index (χ1) is 37.9. The summed E-state index contributed by atoms with van der Waals surface area (Å²) in [6, 6.07) is 85.1. The molecule has 1 aliphatic carbocycles. The highest BCUT2D eigenvalue weighted by Crippen LogP contribution is 2.52. The maximum absolute atomic E-state index is 5.84. The van der Waals surface area contributed by atoms with Crippen molar-refractivity contribution in [2.75, 3.05) is 0 Å². The zero-order chi connectivity index (χ0) is 54.3. The number of hydrogen-bond acceptors (Lipinski definition) is 2. The monoisotopic (exact) mass is 1010 g/mol. The van der Waals surface area contributed by atoms with Gasteiger partial charge in [0.1, 0.15) is 22.3 Å². The molecule has 0 spiro atoms. The van der Waals surface area contributed by atoms with Crippen LogP contribution in [0.25, 0.3) is 88.0 Å². The van der Waals surface area contributed by atoms with E-state index in [2.05, 4.69) is 256 Å². The van der Waals surface area contributed by atoms with Crippen LogP contribution in [0.5, 0.6) is 0 Å². The van der Waals surface area contributed by atoms with Crippen LogP contribution in [0.3, 0.4) is 0 Å². The summed E-state index contributed by atoms with van der Waals surface area (Å²) in [5.74, 6) is 0.518. The van der Waals surface area contributed by atoms with Crippen LogP contribution in [0.1, 0.15) is 85.0 Å². The second-order valence-electron chi connectivity index (χ2n) is 21.5. The highest BCUT2D eigenvalue weighted by molar-refractivity contribution is 6.08. The maximum Gasteiger partial charge on any atom is 0.135 e. The molecule has 0 saturated carbocycles. The van der Waals surface area contributed by atoms with Gasteiger partial charge in [-0.3, -0.25) is 0 Å². The summed E-state index contributed by atoms with van der Waals surface area (Å²) in [5.41, 5.74) is 23.0. The molecule has 2 heterocycles. The summed E-state index contributed by atoms with van der Waals surface area (Å²) in [6.07, 6.45) is 1.04. The van der Waals surface area contributed by atoms with Crippen molar-refractivity contribution in [1.82, 2.24) is 0 Å². The Morgan fingerprint density at radius 1 is 0.372 bits per heavy atom. The Kier molecular flexibility index (Phi) is 15.7. The minimum Gasteiger partial charge on any atom is -0.456 e. The molecule has 13 aromatic rings. The molecular formula is C76H70O2. The molecule has 0 amide bonds. The third-order valence-corrected chi connectivity index (χ3v) is 15.2. The van der Waals surface area contributed by atoms with Gasteiger partial charge in [-0.15, -0.1) is 0 Å². The quantitative estimate of drug-likeness (QED) is 0.176. The lowest BCUT2D eigenvalue weighted by Gasteiger charge is -2.22. The average Bonchev–Trinajstić information content (AvgIpc) is 4.32. The van der Waals surface area contributed by atoms with Gasteiger partial charge in [0.15, 0.2) is 0 Å². The normalized spacial score (nSPS) is 11.9. The summed E-state index contributed by atoms with van der Waals surface area (Å²) in [7, 11) is 0. The van der Waals surface area contributed by atoms with Crippen LogP contribution >= 0.6 is 0 Å². The van der Waals surface area contributed by atoms with Gasteiger partial charge in [-0.05, 0) is 136 Å². The minimum atomic E-state index is 0.0888. The second kappa shape index (κ2) is 23.3. The standard InChI is InChI=1S/C21H20.C15H14O.C14H12O.2C13H12/c1-13-9-10-17-18(11-13)21(3,4)19-12-14(2)15-7-5-6-8-16(15)20(17)19;1-10(2)11-7-5-9-14-15(11)12-6-3-4-8-13(12)16-14;1-2-10-6-5-9-13-14(10)11-7-3-4-8-12(11)15-13;2*1-11-6-5-9-13(10-11)12-7-3-2-4-8-12/h5-12H,1-4H3;3-10H,1-2H3;3-9H,2H2,1H3;2*2-10H,1H3. The van der Waals surface area contributed by atoms with Crippen LogP contribution in [-0.4, -0.2) is 0 Å². The zero-order valence-electron chi connectivity index (χ0n) is 46.7. The topological polar surface area (TPSA) is 26.3 Å². The van der Waals surface area contributed by atoms with Gasteiger partial charge >= 0.3 is 0 Å². The minimum absolute atomic E-state index is 0.0888. The van der Waals surface area contributed by atoms with Crippen LogP contribution < -0.4 is 0 Å². The largest absolute Gasteiger partial charge is 0.456 e. The molecule has 386 valence electrons. The van der Waals surface area contributed by atoms with Gasteiger partial charge in [0.25, 0.3) is 0 Å². The molecule has 0 bridgehead atoms. The van der Waals surface area contributed by atoms with E-state index in [4.69, 9.17) is 8.83 Å². The van der Waals surface area contributed by atoms with Crippen molar-refractivity contribution < 1.29 is 8.83 Å². The second-order valence-corrected chi connectivity index (χ2v) is 21.5. The Labute approximate surface area is 461 Å². The van der Waals surface area contributed by atoms with E-state index in [1.807, 2.05) is 48.5 Å². The smallest absolute Gasteiger partial charge is 0.135 e. The molecule has 1 aliphatic rings. The molecule has 78 heavy (non-hydrogen) atoms. The van der Waals surface area contributed by atoms with E-state index >= 15 is 0 Å². The lowest BCUT2D eigenvalue weighted by Crippen LogP contribution is -2.15. The van der Waals surface area contributed by atoms with E-state index in [-0.39, 0.29) is 5.41 Å². The van der Waals surface area contributed by atoms with E-state index in [1.165, 1.54) is 110 Å². The number of para-hydroxylation sites is 2. The molecule has 14 rings (SSSR count). The van der Waals surface area contributed by atoms with Crippen molar-refractivity contribution in [2.24, 2.45) is 0 Å². The fraction of sp³-hybridized carbons (Fsp3) is 0.158. The van der Waals surface area contributed by atoms with E-state index in [0.717, 1.165) is 28.8 Å². The Bertz CT molecular complexity index is 4090. The molecule has 0 unspecified atom stereocenters. The number of furan rings is 2. The van der Waals surface area contributed by atoms with Gasteiger partial charge in [0.2, 0.25) is 0 Å². The molecule has 0 saturated heterocycles. The predicted molar refractivity (Wildman–Crippen MR) is 335 cm³/mol. The molecular weight excluding hydrogens is 945 g/mol. The predicted octanol–water partition coefficient (Wildman–Crippen LogP) is 21.9. The molecule has 0 atom stereocenters. The van der Waals surface area contributed by atoms with E-state index < -0.39 is 0 Å². The highest BCUT2D eigenvalue weighted by Gasteiger charge is 2.36. The summed E-state index contributed by atoms with van der Waals surface area (Å²) in [6.45, 7) is 20.0. The molecule has 0 aliphatic heterocycles. The summed E-state index contributed by atoms with van der Waals surface area (Å²) < 4.78 is 11.6. The average molecular weight is 1020 g/mol. The van der Waals surface area contributed by atoms with E-state index in [0.29, 0.717) is 5.92 Å². The third-order valence-electron chi connectivity index (χ3n) is 15.2. The maximum atomic E-state index is 5.84. The Balaban J connectivity index is 0.000000112. The Morgan fingerprint density at radius 2 is 0.821 bits per heavy atom. The van der Waals surface area contributed by atoms with Crippen LogP contribution in [0.4, 0.5) is 0 Å². The molecule has 0 fully saturated rings. The first-order valence-corrected chi connectivity index (χ1v) is 27.6. The first-order valence-electron chi connectivity index (χ1n) is 27.6. The molecule has 0 radical (unpaired) electrons. The number of fused-ring (bicyclic) bond motifs is 11. The van der Waals surface area contributed by atoms with E-state index in [9.17, 15) is 0 Å². The lowest BCUT2D eigenvalue weighted by molar-refractivity contribution is 0.659. The summed E-state index contributed by atoms with van der Waals surface area (Å²) in [5, 5.41) is 7.76. The third kappa shape index (κ3) is 11.1. The van der Waals surface area contributed by atoms with Crippen LogP contribution in [0.2, 0.25) is 0 Å². The van der Waals surface area contributed by atoms with Crippen LogP contribution in [-0.2, 0) is 11.8 Å². The van der Waals surface area contributed by atoms with Gasteiger partial charge in [0, 0.05) is 27.0 Å². The summed E-state index contributed by atoms with van der Waals surface area (Å²) in [4.78, 5) is 0. The molecule has 0 N–H and O–H groups in total. The van der Waals surface area contributed by atoms with Gasteiger partial charge < -0.3 is 8.83 Å². The SMILES string of the molecule is CC(C)c1cccc2oc3ccccc3c12.CCc1cccc2oc3ccccc3c12.Cc1ccc2c(c1)C(C)(C)c1cc(C)c3ccccc3c1-2.Cc1cccc(-c2ccccc2)c1.Cc1cccc(-c2ccccc2)c1. The van der Waals surface area contributed by atoms with Gasteiger partial charge in [-0.1, -0.05) is 270 Å². The van der Waals surface area contributed by atoms with Crippen molar-refractivity contribution >= 4 is 54.6 Å². The van der Waals surface area contributed by atoms with E-state index in [1.54, 1.807) is 0 Å². The van der Waals surface area contributed by atoms with Crippen LogP contribution in [0.15, 0.2) is 251 Å². The molecule has 2 nitrogen and oxygen atoms in total. The highest BCUT2D eigenvalue weighted by atomic mass is 16.3. The first kappa shape index (κ1) is 52.7. The molecule has 2 heteroatoms. The zero-order valence-corrected chi connectivity index (χ0v) is 46.7. The van der Waals surface area contributed by atoms with Crippen molar-refractivity contribution in [2.45, 2.75) is 80.1 Å². The number of rotatable bonds is 4. The van der Waals surface area contributed by atoms with Crippen LogP contribution in [0, 0.1) is 27.7 Å². The Morgan fingerprint density at radius 3 is 1.37 bits per heavy atom. The van der Waals surface area contributed by atoms with Crippen molar-refractivity contribution in [3.8, 4) is 33.4 Å². The molecule has 11 aromatic carbocycles. The number of benzene rings is 11. The van der Waals surface area contributed by atoms with Crippen molar-refractivity contribution in [3.63, 3.8) is 0 Å². The van der Waals surface area contributed by atoms with Gasteiger partial charge in [-0.2, -0.15) is 0 Å². The van der Waals surface area contributed by atoms with Gasteiger partial charge in [0.05, 0.1) is 0 Å². The van der Waals surface area contributed by atoms with Crippen molar-refractivity contribution in [1.29, 1.82) is 0 Å². The fourth-order valence-electron chi connectivity index (χ4n) is 11.2. The Hall–Kier alpha value is -8.72. The van der Waals surface area contributed by atoms with Gasteiger partial charge in [-0.25, -0.2) is 0 Å². The van der Waals surface area contributed by atoms with Crippen molar-refractivity contribution in [3.05, 3.63) is 287 Å². The summed E-state index contributed by atoms with van der Waals surface area (Å²) >= 11 is 0. The number of aryl methyl sites for hydroxylation is 5. The number of hydrogen-bond donors (Lipinski definition) is 0. The lowest BCUT2D eigenvalue weighted by atomic mass is 9.81.